The number of nitrogens with zero attached hydrogens (tertiary/aromatic N) is 1. The molecular weight excluding hydrogens is 321 g/mol. The second-order valence-electron chi connectivity index (χ2n) is 7.01. The zero-order chi connectivity index (χ0) is 17.7. The first-order valence-corrected chi connectivity index (χ1v) is 11.0. The van der Waals surface area contributed by atoms with E-state index >= 15 is 0 Å². The predicted molar refractivity (Wildman–Crippen MR) is 98.6 cm³/mol. The molecule has 1 aromatic carbocycles. The fraction of sp³-hybridized carbons (Fsp3) is 0.632. The Morgan fingerprint density at radius 1 is 1.21 bits per heavy atom. The van der Waals surface area contributed by atoms with Gasteiger partial charge in [-0.2, -0.15) is 0 Å². The number of hydrogen-bond donors (Lipinski definition) is 0. The normalized spacial score (nSPS) is 20.8. The molecule has 0 spiro atoms. The number of likely N-dealkylation sites (N-methyl/N-ethyl adjacent to an activating group) is 1. The predicted octanol–water partition coefficient (Wildman–Crippen LogP) is 4.85. The largest absolute Gasteiger partial charge is 0.340 e. The first-order chi connectivity index (χ1) is 11.3. The average molecular weight is 351 g/mol. The quantitative estimate of drug-likeness (QED) is 0.688. The van der Waals surface area contributed by atoms with E-state index in [0.29, 0.717) is 0 Å². The molecule has 5 heteroatoms. The smallest absolute Gasteiger partial charge is 0.219 e. The van der Waals surface area contributed by atoms with E-state index in [0.717, 1.165) is 31.2 Å². The molecule has 1 amide bonds. The van der Waals surface area contributed by atoms with Crippen LogP contribution < -0.4 is 0 Å². The minimum atomic E-state index is -2.75. The Hall–Kier alpha value is -1.12. The average Bonchev–Trinajstić information content (AvgIpc) is 2.60. The van der Waals surface area contributed by atoms with Gasteiger partial charge in [-0.3, -0.25) is 9.36 Å². The van der Waals surface area contributed by atoms with Gasteiger partial charge in [0.2, 0.25) is 13.3 Å². The molecule has 0 radical (unpaired) electrons. The van der Waals surface area contributed by atoms with Crippen LogP contribution in [0.4, 0.5) is 0 Å². The highest BCUT2D eigenvalue weighted by atomic mass is 31.2. The van der Waals surface area contributed by atoms with Crippen LogP contribution >= 0.6 is 7.37 Å². The fourth-order valence-electron chi connectivity index (χ4n) is 3.42. The number of rotatable bonds is 6. The maximum Gasteiger partial charge on any atom is 0.219 e. The Kier molecular flexibility index (Phi) is 6.65. The number of benzene rings is 1. The summed E-state index contributed by atoms with van der Waals surface area (Å²) in [5, 5.41) is 0. The molecule has 0 aliphatic heterocycles. The lowest BCUT2D eigenvalue weighted by Gasteiger charge is -2.36. The minimum absolute atomic E-state index is 0.0179. The summed E-state index contributed by atoms with van der Waals surface area (Å²) in [6.07, 6.45) is 5.06. The van der Waals surface area contributed by atoms with E-state index in [4.69, 9.17) is 4.52 Å². The van der Waals surface area contributed by atoms with Gasteiger partial charge in [0, 0.05) is 26.3 Å². The highest BCUT2D eigenvalue weighted by Crippen LogP contribution is 2.56. The lowest BCUT2D eigenvalue weighted by atomic mass is 10.0. The minimum Gasteiger partial charge on any atom is -0.340 e. The van der Waals surface area contributed by atoms with Crippen molar-refractivity contribution in [1.29, 1.82) is 0 Å². The van der Waals surface area contributed by atoms with Crippen molar-refractivity contribution in [3.63, 3.8) is 0 Å². The van der Waals surface area contributed by atoms with Gasteiger partial charge in [0.05, 0.1) is 6.04 Å². The molecule has 4 nitrogen and oxygen atoms in total. The Morgan fingerprint density at radius 3 is 2.33 bits per heavy atom. The second kappa shape index (κ2) is 8.31. The third-order valence-electron chi connectivity index (χ3n) is 5.23. The van der Waals surface area contributed by atoms with Gasteiger partial charge in [0.15, 0.2) is 0 Å². The SMILES string of the molecule is CC(=O)N(C)C(C)C(OP(C)(=O)C1CCCCC1)c1ccccc1. The van der Waals surface area contributed by atoms with E-state index in [1.807, 2.05) is 37.3 Å². The Labute approximate surface area is 146 Å². The topological polar surface area (TPSA) is 46.6 Å². The molecule has 1 aliphatic carbocycles. The van der Waals surface area contributed by atoms with Crippen LogP contribution in [-0.2, 0) is 13.9 Å². The molecule has 0 bridgehead atoms. The van der Waals surface area contributed by atoms with Crippen molar-refractivity contribution in [1.82, 2.24) is 4.90 Å². The van der Waals surface area contributed by atoms with Crippen LogP contribution in [-0.4, -0.2) is 36.2 Å². The number of amides is 1. The Bertz CT molecular complexity index is 584. The molecular formula is C19H30NO3P. The third-order valence-corrected chi connectivity index (χ3v) is 7.72. The second-order valence-corrected chi connectivity index (χ2v) is 9.77. The first-order valence-electron chi connectivity index (χ1n) is 8.87. The van der Waals surface area contributed by atoms with E-state index in [9.17, 15) is 9.36 Å². The van der Waals surface area contributed by atoms with Crippen LogP contribution in [0.3, 0.4) is 0 Å². The first kappa shape index (κ1) is 19.2. The van der Waals surface area contributed by atoms with Crippen molar-refractivity contribution in [3.05, 3.63) is 35.9 Å². The monoisotopic (exact) mass is 351 g/mol. The molecule has 3 unspecified atom stereocenters. The number of carbonyl (C=O) groups is 1. The molecule has 1 aliphatic rings. The third kappa shape index (κ3) is 4.70. The van der Waals surface area contributed by atoms with Gasteiger partial charge in [-0.1, -0.05) is 49.6 Å². The van der Waals surface area contributed by atoms with Crippen LogP contribution in [0.2, 0.25) is 0 Å². The number of hydrogen-bond acceptors (Lipinski definition) is 3. The summed E-state index contributed by atoms with van der Waals surface area (Å²) < 4.78 is 19.6. The maximum absolute atomic E-state index is 13.3. The van der Waals surface area contributed by atoms with Crippen molar-refractivity contribution in [3.8, 4) is 0 Å². The highest BCUT2D eigenvalue weighted by Gasteiger charge is 2.36. The lowest BCUT2D eigenvalue weighted by Crippen LogP contribution is -2.38. The molecule has 1 fully saturated rings. The summed E-state index contributed by atoms with van der Waals surface area (Å²) in [7, 11) is -0.980. The maximum atomic E-state index is 13.3. The molecule has 0 saturated heterocycles. The van der Waals surface area contributed by atoms with E-state index in [1.54, 1.807) is 25.5 Å². The van der Waals surface area contributed by atoms with Gasteiger partial charge in [0.25, 0.3) is 0 Å². The zero-order valence-electron chi connectivity index (χ0n) is 15.3. The summed E-state index contributed by atoms with van der Waals surface area (Å²) in [4.78, 5) is 13.5. The molecule has 3 atom stereocenters. The van der Waals surface area contributed by atoms with Gasteiger partial charge < -0.3 is 9.42 Å². The Balaban J connectivity index is 2.25. The van der Waals surface area contributed by atoms with Crippen LogP contribution in [0.25, 0.3) is 0 Å². The standard InChI is InChI=1S/C19H30NO3P/c1-15(20(3)16(2)21)19(17-11-7-5-8-12-17)23-24(4,22)18-13-9-6-10-14-18/h5,7-8,11-12,15,18-19H,6,9-10,13-14H2,1-4H3. The summed E-state index contributed by atoms with van der Waals surface area (Å²) in [5.74, 6) is -0.0179. The summed E-state index contributed by atoms with van der Waals surface area (Å²) >= 11 is 0. The molecule has 0 heterocycles. The zero-order valence-corrected chi connectivity index (χ0v) is 16.2. The van der Waals surface area contributed by atoms with E-state index in [-0.39, 0.29) is 23.7 Å². The van der Waals surface area contributed by atoms with E-state index < -0.39 is 7.37 Å². The summed E-state index contributed by atoms with van der Waals surface area (Å²) in [6.45, 7) is 5.28. The van der Waals surface area contributed by atoms with Gasteiger partial charge in [0.1, 0.15) is 6.10 Å². The number of carbonyl (C=O) groups excluding carboxylic acids is 1. The van der Waals surface area contributed by atoms with Crippen molar-refractivity contribution in [2.24, 2.45) is 0 Å². The molecule has 0 aromatic heterocycles. The van der Waals surface area contributed by atoms with Crippen LogP contribution in [0.1, 0.15) is 57.6 Å². The van der Waals surface area contributed by atoms with Crippen molar-refractivity contribution in [2.75, 3.05) is 13.7 Å². The molecule has 2 rings (SSSR count). The highest BCUT2D eigenvalue weighted by molar-refractivity contribution is 7.58. The van der Waals surface area contributed by atoms with Gasteiger partial charge >= 0.3 is 0 Å². The molecule has 1 saturated carbocycles. The van der Waals surface area contributed by atoms with E-state index in [2.05, 4.69) is 0 Å². The van der Waals surface area contributed by atoms with Crippen molar-refractivity contribution < 1.29 is 13.9 Å². The van der Waals surface area contributed by atoms with Crippen LogP contribution in [0, 0.1) is 0 Å². The van der Waals surface area contributed by atoms with Crippen LogP contribution in [0.5, 0.6) is 0 Å². The summed E-state index contributed by atoms with van der Waals surface area (Å²) in [5.41, 5.74) is 1.11. The van der Waals surface area contributed by atoms with Crippen molar-refractivity contribution >= 4 is 13.3 Å². The lowest BCUT2D eigenvalue weighted by molar-refractivity contribution is -0.131. The molecule has 134 valence electrons. The van der Waals surface area contributed by atoms with Crippen molar-refractivity contribution in [2.45, 2.75) is 63.8 Å². The fourth-order valence-corrected chi connectivity index (χ4v) is 5.65. The molecule has 0 N–H and O–H groups in total. The van der Waals surface area contributed by atoms with Gasteiger partial charge in [-0.05, 0) is 25.3 Å². The molecule has 24 heavy (non-hydrogen) atoms. The Morgan fingerprint density at radius 2 is 1.79 bits per heavy atom. The summed E-state index contributed by atoms with van der Waals surface area (Å²) in [6, 6.07) is 9.64. The molecule has 1 aromatic rings. The van der Waals surface area contributed by atoms with E-state index in [1.165, 1.54) is 6.42 Å². The van der Waals surface area contributed by atoms with Gasteiger partial charge in [-0.25, -0.2) is 0 Å². The van der Waals surface area contributed by atoms with Crippen LogP contribution in [0.15, 0.2) is 30.3 Å². The van der Waals surface area contributed by atoms with Gasteiger partial charge in [-0.15, -0.1) is 0 Å².